The van der Waals surface area contributed by atoms with Crippen LogP contribution in [0, 0.1) is 0 Å². The molecular formula is C19H20N2OS. The molecule has 23 heavy (non-hydrogen) atoms. The maximum atomic E-state index is 5.21. The molecule has 118 valence electrons. The predicted octanol–water partition coefficient (Wildman–Crippen LogP) is 4.94. The second-order valence-corrected chi connectivity index (χ2v) is 6.25. The highest BCUT2D eigenvalue weighted by Crippen LogP contribution is 2.27. The van der Waals surface area contributed by atoms with E-state index in [0.29, 0.717) is 0 Å². The van der Waals surface area contributed by atoms with Crippen LogP contribution in [0.2, 0.25) is 0 Å². The number of aromatic nitrogens is 1. The molecule has 0 spiro atoms. The van der Waals surface area contributed by atoms with Crippen molar-refractivity contribution in [1.82, 2.24) is 4.98 Å². The van der Waals surface area contributed by atoms with Gasteiger partial charge < -0.3 is 10.1 Å². The van der Waals surface area contributed by atoms with Crippen LogP contribution in [0.1, 0.15) is 23.0 Å². The Labute approximate surface area is 141 Å². The molecule has 1 atom stereocenters. The van der Waals surface area contributed by atoms with Crippen molar-refractivity contribution >= 4 is 17.0 Å². The minimum Gasteiger partial charge on any atom is -0.497 e. The van der Waals surface area contributed by atoms with Gasteiger partial charge in [-0.3, -0.25) is 0 Å². The molecule has 2 aromatic carbocycles. The summed E-state index contributed by atoms with van der Waals surface area (Å²) in [5.41, 5.74) is 2.43. The lowest BCUT2D eigenvalue weighted by Crippen LogP contribution is -2.11. The van der Waals surface area contributed by atoms with Crippen molar-refractivity contribution in [2.45, 2.75) is 18.9 Å². The first-order valence-electron chi connectivity index (χ1n) is 7.69. The Balaban J connectivity index is 1.70. The van der Waals surface area contributed by atoms with Crippen LogP contribution in [-0.4, -0.2) is 12.1 Å². The van der Waals surface area contributed by atoms with E-state index in [2.05, 4.69) is 40.6 Å². The molecular weight excluding hydrogens is 304 g/mol. The Kier molecular flexibility index (Phi) is 5.27. The fraction of sp³-hybridized carbons (Fsp3) is 0.211. The third-order valence-electron chi connectivity index (χ3n) is 3.74. The zero-order chi connectivity index (χ0) is 15.9. The highest BCUT2D eigenvalue weighted by Gasteiger charge is 2.14. The third-order valence-corrected chi connectivity index (χ3v) is 4.63. The highest BCUT2D eigenvalue weighted by molar-refractivity contribution is 7.09. The van der Waals surface area contributed by atoms with E-state index in [9.17, 15) is 0 Å². The molecule has 3 rings (SSSR count). The number of benzene rings is 2. The largest absolute Gasteiger partial charge is 0.497 e. The summed E-state index contributed by atoms with van der Waals surface area (Å²) < 4.78 is 5.21. The zero-order valence-corrected chi connectivity index (χ0v) is 13.9. The molecule has 0 amide bonds. The first-order chi connectivity index (χ1) is 11.3. The summed E-state index contributed by atoms with van der Waals surface area (Å²) in [7, 11) is 1.68. The number of ether oxygens (including phenoxy) is 1. The lowest BCUT2D eigenvalue weighted by molar-refractivity contribution is 0.415. The number of anilines is 1. The number of hydrogen-bond donors (Lipinski definition) is 1. The van der Waals surface area contributed by atoms with Crippen LogP contribution in [0.15, 0.2) is 66.2 Å². The first kappa shape index (κ1) is 15.6. The number of hydrogen-bond acceptors (Lipinski definition) is 4. The Hall–Kier alpha value is -2.33. The van der Waals surface area contributed by atoms with Crippen molar-refractivity contribution < 1.29 is 4.74 Å². The number of nitrogens with zero attached hydrogens (tertiary/aromatic N) is 1. The molecule has 1 N–H and O–H groups in total. The van der Waals surface area contributed by atoms with Crippen molar-refractivity contribution in [3.05, 3.63) is 76.7 Å². The normalized spacial score (nSPS) is 11.9. The molecule has 0 fully saturated rings. The number of methoxy groups -OCH3 is 1. The van der Waals surface area contributed by atoms with Crippen LogP contribution < -0.4 is 10.1 Å². The van der Waals surface area contributed by atoms with Crippen molar-refractivity contribution in [3.63, 3.8) is 0 Å². The fourth-order valence-electron chi connectivity index (χ4n) is 2.51. The van der Waals surface area contributed by atoms with Gasteiger partial charge in [-0.05, 0) is 42.7 Å². The van der Waals surface area contributed by atoms with Gasteiger partial charge in [-0.25, -0.2) is 4.98 Å². The summed E-state index contributed by atoms with van der Waals surface area (Å²) in [6.07, 6.45) is 3.89. The lowest BCUT2D eigenvalue weighted by Gasteiger charge is -2.18. The average Bonchev–Trinajstić information content (AvgIpc) is 3.14. The van der Waals surface area contributed by atoms with E-state index < -0.39 is 0 Å². The molecule has 1 aromatic heterocycles. The van der Waals surface area contributed by atoms with Gasteiger partial charge in [-0.2, -0.15) is 0 Å². The topological polar surface area (TPSA) is 34.1 Å². The summed E-state index contributed by atoms with van der Waals surface area (Å²) in [5.74, 6) is 0.866. The second kappa shape index (κ2) is 7.79. The summed E-state index contributed by atoms with van der Waals surface area (Å²) in [4.78, 5) is 4.49. The summed E-state index contributed by atoms with van der Waals surface area (Å²) in [6, 6.07) is 18.8. The van der Waals surface area contributed by atoms with Gasteiger partial charge in [0.1, 0.15) is 10.8 Å². The predicted molar refractivity (Wildman–Crippen MR) is 96.2 cm³/mol. The van der Waals surface area contributed by atoms with Gasteiger partial charge in [0.2, 0.25) is 0 Å². The third kappa shape index (κ3) is 4.33. The Morgan fingerprint density at radius 2 is 1.87 bits per heavy atom. The van der Waals surface area contributed by atoms with Gasteiger partial charge in [-0.1, -0.05) is 30.3 Å². The van der Waals surface area contributed by atoms with Gasteiger partial charge in [-0.15, -0.1) is 11.3 Å². The van der Waals surface area contributed by atoms with Gasteiger partial charge in [0.25, 0.3) is 0 Å². The molecule has 3 aromatic rings. The second-order valence-electron chi connectivity index (χ2n) is 5.32. The van der Waals surface area contributed by atoms with Crippen LogP contribution in [0.3, 0.4) is 0 Å². The number of rotatable bonds is 7. The lowest BCUT2D eigenvalue weighted by atomic mass is 10.1. The zero-order valence-electron chi connectivity index (χ0n) is 13.1. The Morgan fingerprint density at radius 3 is 2.52 bits per heavy atom. The van der Waals surface area contributed by atoms with Gasteiger partial charge in [0, 0.05) is 17.3 Å². The molecule has 3 nitrogen and oxygen atoms in total. The summed E-state index contributed by atoms with van der Waals surface area (Å²) >= 11 is 1.69. The van der Waals surface area contributed by atoms with E-state index in [-0.39, 0.29) is 6.04 Å². The van der Waals surface area contributed by atoms with Gasteiger partial charge in [0.15, 0.2) is 0 Å². The monoisotopic (exact) mass is 324 g/mol. The average molecular weight is 324 g/mol. The molecule has 0 saturated heterocycles. The van der Waals surface area contributed by atoms with E-state index in [1.807, 2.05) is 35.8 Å². The summed E-state index contributed by atoms with van der Waals surface area (Å²) in [5, 5.41) is 6.75. The Morgan fingerprint density at radius 1 is 1.09 bits per heavy atom. The van der Waals surface area contributed by atoms with Crippen molar-refractivity contribution in [2.75, 3.05) is 12.4 Å². The van der Waals surface area contributed by atoms with E-state index in [1.165, 1.54) is 5.56 Å². The summed E-state index contributed by atoms with van der Waals surface area (Å²) in [6.45, 7) is 0. The molecule has 0 radical (unpaired) electrons. The minimum absolute atomic E-state index is 0.212. The minimum atomic E-state index is 0.212. The molecule has 0 aliphatic carbocycles. The van der Waals surface area contributed by atoms with Gasteiger partial charge in [0.05, 0.1) is 13.2 Å². The van der Waals surface area contributed by atoms with Crippen LogP contribution in [0.4, 0.5) is 5.69 Å². The fourth-order valence-corrected chi connectivity index (χ4v) is 3.23. The van der Waals surface area contributed by atoms with Crippen molar-refractivity contribution in [1.29, 1.82) is 0 Å². The number of nitrogens with one attached hydrogen (secondary N) is 1. The first-order valence-corrected chi connectivity index (χ1v) is 8.57. The van der Waals surface area contributed by atoms with Gasteiger partial charge >= 0.3 is 0 Å². The van der Waals surface area contributed by atoms with E-state index >= 15 is 0 Å². The van der Waals surface area contributed by atoms with Crippen molar-refractivity contribution in [3.8, 4) is 5.75 Å². The molecule has 4 heteroatoms. The van der Waals surface area contributed by atoms with Crippen LogP contribution >= 0.6 is 11.3 Å². The smallest absolute Gasteiger partial charge is 0.119 e. The maximum Gasteiger partial charge on any atom is 0.119 e. The molecule has 0 aliphatic rings. The van der Waals surface area contributed by atoms with E-state index in [0.717, 1.165) is 29.3 Å². The quantitative estimate of drug-likeness (QED) is 0.668. The number of thiazole rings is 1. The molecule has 0 saturated carbocycles. The van der Waals surface area contributed by atoms with E-state index in [4.69, 9.17) is 4.74 Å². The maximum absolute atomic E-state index is 5.21. The van der Waals surface area contributed by atoms with Crippen LogP contribution in [0.25, 0.3) is 0 Å². The van der Waals surface area contributed by atoms with E-state index in [1.54, 1.807) is 18.4 Å². The SMILES string of the molecule is COc1ccc(N[C@@H](CCc2ccccc2)c2nccs2)cc1. The molecule has 0 aliphatic heterocycles. The molecule has 0 bridgehead atoms. The molecule has 0 unspecified atom stereocenters. The Bertz CT molecular complexity index is 696. The van der Waals surface area contributed by atoms with Crippen molar-refractivity contribution in [2.24, 2.45) is 0 Å². The van der Waals surface area contributed by atoms with Crippen LogP contribution in [-0.2, 0) is 6.42 Å². The highest BCUT2D eigenvalue weighted by atomic mass is 32.1. The number of aryl methyl sites for hydroxylation is 1. The molecule has 1 heterocycles. The van der Waals surface area contributed by atoms with Crippen LogP contribution in [0.5, 0.6) is 5.75 Å². The standard InChI is InChI=1S/C19H20N2OS/c1-22-17-10-8-16(9-11-17)21-18(19-20-13-14-23-19)12-7-15-5-3-2-4-6-15/h2-6,8-11,13-14,18,21H,7,12H2,1H3/t18-/m0/s1.